The summed E-state index contributed by atoms with van der Waals surface area (Å²) in [6.45, 7) is 2.98. The lowest BCUT2D eigenvalue weighted by Crippen LogP contribution is -2.48. The Hall–Kier alpha value is -2.58. The first-order valence-corrected chi connectivity index (χ1v) is 15.0. The van der Waals surface area contributed by atoms with Crippen LogP contribution in [-0.4, -0.2) is 85.9 Å². The minimum absolute atomic E-state index is 0.0846. The summed E-state index contributed by atoms with van der Waals surface area (Å²) in [6, 6.07) is 9.37. The average Bonchev–Trinajstić information content (AvgIpc) is 2.86. The third-order valence-corrected chi connectivity index (χ3v) is 9.03. The number of ether oxygens (including phenoxy) is 3. The molecule has 11 nitrogen and oxygen atoms in total. The van der Waals surface area contributed by atoms with Crippen LogP contribution in [0.15, 0.2) is 47.4 Å². The highest BCUT2D eigenvalue weighted by atomic mass is 35.5. The number of sulfonamides is 2. The molecule has 1 saturated heterocycles. The number of carbonyl (C=O) groups is 1. The third-order valence-electron chi connectivity index (χ3n) is 5.58. The fraction of sp³-hybridized carbons (Fsp3) is 0.435. The number of methoxy groups -OCH3 is 1. The first kappa shape index (κ1) is 29.0. The van der Waals surface area contributed by atoms with E-state index in [0.717, 1.165) is 10.6 Å². The van der Waals surface area contributed by atoms with E-state index in [1.807, 2.05) is 0 Å². The number of halogens is 1. The molecule has 0 bridgehead atoms. The summed E-state index contributed by atoms with van der Waals surface area (Å²) in [4.78, 5) is 12.9. The maximum atomic E-state index is 12.7. The van der Waals surface area contributed by atoms with E-state index in [-0.39, 0.29) is 28.8 Å². The minimum atomic E-state index is -3.81. The molecule has 1 aliphatic heterocycles. The normalized spacial score (nSPS) is 15.6. The third kappa shape index (κ3) is 7.26. The van der Waals surface area contributed by atoms with Gasteiger partial charge in [0, 0.05) is 13.1 Å². The molecule has 2 aromatic rings. The van der Waals surface area contributed by atoms with Gasteiger partial charge in [-0.1, -0.05) is 11.6 Å². The number of nitrogens with one attached hydrogen (secondary N) is 1. The van der Waals surface area contributed by atoms with Gasteiger partial charge in [-0.05, 0) is 49.4 Å². The minimum Gasteiger partial charge on any atom is -0.495 e. The number of rotatable bonds is 11. The number of amides is 1. The summed E-state index contributed by atoms with van der Waals surface area (Å²) >= 11 is 6.14. The van der Waals surface area contributed by atoms with Crippen molar-refractivity contribution < 1.29 is 35.8 Å². The Labute approximate surface area is 222 Å². The largest absolute Gasteiger partial charge is 0.495 e. The number of hydrogen-bond donors (Lipinski definition) is 1. The van der Waals surface area contributed by atoms with Gasteiger partial charge in [-0.2, -0.15) is 4.31 Å². The molecule has 3 rings (SSSR count). The quantitative estimate of drug-likeness (QED) is 0.401. The van der Waals surface area contributed by atoms with Gasteiger partial charge in [-0.25, -0.2) is 16.8 Å². The molecule has 1 fully saturated rings. The molecule has 1 aliphatic rings. The van der Waals surface area contributed by atoms with Crippen molar-refractivity contribution in [1.82, 2.24) is 9.62 Å². The number of morpholine rings is 1. The molecule has 1 heterocycles. The Morgan fingerprint density at radius 2 is 1.78 bits per heavy atom. The van der Waals surface area contributed by atoms with Gasteiger partial charge >= 0.3 is 0 Å². The van der Waals surface area contributed by atoms with Crippen molar-refractivity contribution in [3.8, 4) is 11.5 Å². The highest BCUT2D eigenvalue weighted by Crippen LogP contribution is 2.31. The molecule has 0 radical (unpaired) electrons. The van der Waals surface area contributed by atoms with E-state index in [0.29, 0.717) is 37.8 Å². The Kier molecular flexibility index (Phi) is 9.64. The van der Waals surface area contributed by atoms with E-state index in [1.54, 1.807) is 0 Å². The van der Waals surface area contributed by atoms with Crippen molar-refractivity contribution in [2.45, 2.75) is 17.9 Å². The van der Waals surface area contributed by atoms with E-state index in [4.69, 9.17) is 25.8 Å². The van der Waals surface area contributed by atoms with Gasteiger partial charge in [-0.15, -0.1) is 0 Å². The Balaban J connectivity index is 1.56. The Morgan fingerprint density at radius 3 is 2.35 bits per heavy atom. The second kappa shape index (κ2) is 12.3. The average molecular weight is 576 g/mol. The van der Waals surface area contributed by atoms with Crippen molar-refractivity contribution in [3.05, 3.63) is 47.5 Å². The predicted molar refractivity (Wildman–Crippen MR) is 139 cm³/mol. The summed E-state index contributed by atoms with van der Waals surface area (Å²) in [7, 11) is -5.98. The molecule has 0 aliphatic carbocycles. The second-order valence-electron chi connectivity index (χ2n) is 8.18. The molecular weight excluding hydrogens is 546 g/mol. The maximum Gasteiger partial charge on any atom is 0.243 e. The molecule has 1 atom stereocenters. The zero-order valence-electron chi connectivity index (χ0n) is 20.7. The van der Waals surface area contributed by atoms with Crippen LogP contribution in [0.4, 0.5) is 5.69 Å². The van der Waals surface area contributed by atoms with Crippen molar-refractivity contribution in [3.63, 3.8) is 0 Å². The summed E-state index contributed by atoms with van der Waals surface area (Å²) in [6.07, 6.45) is 1.00. The number of benzene rings is 2. The summed E-state index contributed by atoms with van der Waals surface area (Å²) < 4.78 is 68.5. The van der Waals surface area contributed by atoms with Crippen LogP contribution >= 0.6 is 11.6 Å². The van der Waals surface area contributed by atoms with Crippen molar-refractivity contribution in [1.29, 1.82) is 0 Å². The highest BCUT2D eigenvalue weighted by molar-refractivity contribution is 7.92. The van der Waals surface area contributed by atoms with Crippen molar-refractivity contribution >= 4 is 43.2 Å². The second-order valence-corrected chi connectivity index (χ2v) is 12.4. The lowest BCUT2D eigenvalue weighted by atomic mass is 10.2. The van der Waals surface area contributed by atoms with E-state index in [9.17, 15) is 21.6 Å². The van der Waals surface area contributed by atoms with Crippen LogP contribution in [0.3, 0.4) is 0 Å². The van der Waals surface area contributed by atoms with Crippen LogP contribution < -0.4 is 19.1 Å². The molecule has 204 valence electrons. The molecule has 14 heteroatoms. The first-order valence-electron chi connectivity index (χ1n) is 11.4. The number of carbonyl (C=O) groups excluding carboxylic acids is 1. The zero-order valence-corrected chi connectivity index (χ0v) is 23.1. The summed E-state index contributed by atoms with van der Waals surface area (Å²) in [5.41, 5.74) is 0.222. The Morgan fingerprint density at radius 1 is 1.14 bits per heavy atom. The van der Waals surface area contributed by atoms with Crippen LogP contribution in [0.1, 0.15) is 6.92 Å². The fourth-order valence-electron chi connectivity index (χ4n) is 3.74. The van der Waals surface area contributed by atoms with Gasteiger partial charge in [0.15, 0.2) is 0 Å². The number of nitrogens with zero attached hydrogens (tertiary/aromatic N) is 2. The first-order chi connectivity index (χ1) is 17.4. The van der Waals surface area contributed by atoms with Crippen LogP contribution in [0.25, 0.3) is 0 Å². The van der Waals surface area contributed by atoms with Crippen molar-refractivity contribution in [2.75, 3.05) is 57.1 Å². The van der Waals surface area contributed by atoms with Gasteiger partial charge in [0.25, 0.3) is 0 Å². The lowest BCUT2D eigenvalue weighted by molar-refractivity contribution is -0.121. The highest BCUT2D eigenvalue weighted by Gasteiger charge is 2.30. The molecule has 0 unspecified atom stereocenters. The van der Waals surface area contributed by atoms with Crippen LogP contribution in [0.2, 0.25) is 5.02 Å². The van der Waals surface area contributed by atoms with E-state index < -0.39 is 32.0 Å². The smallest absolute Gasteiger partial charge is 0.243 e. The standard InChI is InChI=1S/C23H30ClN3O8S2/c1-17(27(36(3,29)30)18-4-9-22(33-2)21(24)16-18)23(28)25-10-13-35-19-5-7-20(8-6-19)37(31,32)26-11-14-34-15-12-26/h4-9,16-17H,10-15H2,1-3H3,(H,25,28)/t17-/m1/s1. The molecule has 37 heavy (non-hydrogen) atoms. The van der Waals surface area contributed by atoms with Crippen molar-refractivity contribution in [2.24, 2.45) is 0 Å². The molecular formula is C23H30ClN3O8S2. The van der Waals surface area contributed by atoms with Gasteiger partial charge < -0.3 is 19.5 Å². The number of hydrogen-bond acceptors (Lipinski definition) is 8. The summed E-state index contributed by atoms with van der Waals surface area (Å²) in [5.74, 6) is 0.265. The maximum absolute atomic E-state index is 12.7. The van der Waals surface area contributed by atoms with Gasteiger partial charge in [0.1, 0.15) is 24.1 Å². The van der Waals surface area contributed by atoms with Gasteiger partial charge in [0.2, 0.25) is 26.0 Å². The molecule has 0 saturated carbocycles. The molecule has 1 N–H and O–H groups in total. The van der Waals surface area contributed by atoms with Crippen LogP contribution in [-0.2, 0) is 29.6 Å². The number of anilines is 1. The molecule has 0 spiro atoms. The van der Waals surface area contributed by atoms with E-state index >= 15 is 0 Å². The van der Waals surface area contributed by atoms with Crippen LogP contribution in [0, 0.1) is 0 Å². The van der Waals surface area contributed by atoms with Gasteiger partial charge in [0.05, 0.1) is 48.7 Å². The lowest BCUT2D eigenvalue weighted by Gasteiger charge is -2.28. The van der Waals surface area contributed by atoms with Gasteiger partial charge in [-0.3, -0.25) is 9.10 Å². The monoisotopic (exact) mass is 575 g/mol. The van der Waals surface area contributed by atoms with E-state index in [2.05, 4.69) is 5.32 Å². The molecule has 2 aromatic carbocycles. The molecule has 1 amide bonds. The summed E-state index contributed by atoms with van der Waals surface area (Å²) in [5, 5.41) is 2.86. The van der Waals surface area contributed by atoms with E-state index in [1.165, 1.54) is 60.8 Å². The SMILES string of the molecule is COc1ccc(N([C@H](C)C(=O)NCCOc2ccc(S(=O)(=O)N3CCOCC3)cc2)S(C)(=O)=O)cc1Cl. The topological polar surface area (TPSA) is 132 Å². The fourth-order valence-corrected chi connectivity index (χ4v) is 6.56. The zero-order chi connectivity index (χ0) is 27.2. The predicted octanol–water partition coefficient (Wildman–Crippen LogP) is 1.72. The van der Waals surface area contributed by atoms with Crippen LogP contribution in [0.5, 0.6) is 11.5 Å². The Bertz CT molecular complexity index is 1300. The molecule has 0 aromatic heterocycles.